The molecule has 0 saturated carbocycles. The van der Waals surface area contributed by atoms with Crippen molar-refractivity contribution in [3.05, 3.63) is 71.3 Å². The summed E-state index contributed by atoms with van der Waals surface area (Å²) in [5, 5.41) is 0. The van der Waals surface area contributed by atoms with E-state index < -0.39 is 14.8 Å². The molecule has 0 aromatic heterocycles. The summed E-state index contributed by atoms with van der Waals surface area (Å²) in [5.41, 5.74) is 1.92. The highest BCUT2D eigenvalue weighted by atomic mass is 28.4. The molecule has 8 heteroatoms. The fourth-order valence-electron chi connectivity index (χ4n) is 2.88. The molecule has 2 aromatic rings. The number of rotatable bonds is 12. The molecule has 0 fully saturated rings. The van der Waals surface area contributed by atoms with Gasteiger partial charge in [-0.3, -0.25) is 4.79 Å². The summed E-state index contributed by atoms with van der Waals surface area (Å²) >= 11 is 0. The van der Waals surface area contributed by atoms with Crippen molar-refractivity contribution in [3.8, 4) is 5.75 Å². The van der Waals surface area contributed by atoms with Gasteiger partial charge in [-0.05, 0) is 42.3 Å². The number of hydrogen-bond donors (Lipinski definition) is 0. The quantitative estimate of drug-likeness (QED) is 0.162. The standard InChI is InChI=1S/C23H28O7Si/c1-26-22(24)15-8-18-6-9-19(10-7-18)23(25)20-11-13-21(14-12-20)30-16-5-17-31(27-2,28-3)29-4/h6-15H,5,16-17H2,1-4H3/b15-8+. The molecule has 0 aliphatic carbocycles. The summed E-state index contributed by atoms with van der Waals surface area (Å²) in [5.74, 6) is 0.158. The number of ketones is 1. The Morgan fingerprint density at radius 2 is 1.39 bits per heavy atom. The van der Waals surface area contributed by atoms with Crippen LogP contribution < -0.4 is 4.74 Å². The van der Waals surface area contributed by atoms with Gasteiger partial charge in [0.1, 0.15) is 5.75 Å². The lowest BCUT2D eigenvalue weighted by Crippen LogP contribution is -2.42. The molecular formula is C23H28O7Si. The SMILES string of the molecule is COC(=O)/C=C/c1ccc(C(=O)c2ccc(OCCC[Si](OC)(OC)OC)cc2)cc1. The van der Waals surface area contributed by atoms with E-state index in [1.54, 1.807) is 75.9 Å². The minimum atomic E-state index is -2.59. The average Bonchev–Trinajstić information content (AvgIpc) is 2.83. The molecule has 31 heavy (non-hydrogen) atoms. The smallest absolute Gasteiger partial charge is 0.494 e. The van der Waals surface area contributed by atoms with Gasteiger partial charge in [-0.25, -0.2) is 4.79 Å². The molecule has 7 nitrogen and oxygen atoms in total. The number of hydrogen-bond acceptors (Lipinski definition) is 7. The van der Waals surface area contributed by atoms with Gasteiger partial charge in [0.15, 0.2) is 5.78 Å². The van der Waals surface area contributed by atoms with E-state index >= 15 is 0 Å². The summed E-state index contributed by atoms with van der Waals surface area (Å²) in [6.45, 7) is 0.485. The Morgan fingerprint density at radius 1 is 0.839 bits per heavy atom. The van der Waals surface area contributed by atoms with Crippen LogP contribution in [0.4, 0.5) is 0 Å². The van der Waals surface area contributed by atoms with Gasteiger partial charge in [-0.2, -0.15) is 0 Å². The number of carbonyl (C=O) groups excluding carboxylic acids is 2. The summed E-state index contributed by atoms with van der Waals surface area (Å²) < 4.78 is 26.5. The van der Waals surface area contributed by atoms with Crippen LogP contribution in [0.5, 0.6) is 5.75 Å². The van der Waals surface area contributed by atoms with Crippen molar-refractivity contribution < 1.29 is 32.3 Å². The predicted octanol–water partition coefficient (Wildman–Crippen LogP) is 3.75. The van der Waals surface area contributed by atoms with Crippen LogP contribution in [0.15, 0.2) is 54.6 Å². The molecule has 0 saturated heterocycles. The third kappa shape index (κ3) is 7.14. The predicted molar refractivity (Wildman–Crippen MR) is 119 cm³/mol. The minimum absolute atomic E-state index is 0.0916. The first-order chi connectivity index (χ1) is 15.0. The van der Waals surface area contributed by atoms with Crippen molar-refractivity contribution in [3.63, 3.8) is 0 Å². The number of ether oxygens (including phenoxy) is 2. The second-order valence-electron chi connectivity index (χ2n) is 6.58. The molecule has 0 amide bonds. The molecule has 0 N–H and O–H groups in total. The van der Waals surface area contributed by atoms with Crippen LogP contribution in [0.2, 0.25) is 6.04 Å². The monoisotopic (exact) mass is 444 g/mol. The molecule has 0 aliphatic rings. The fraction of sp³-hybridized carbons (Fsp3) is 0.304. The number of benzene rings is 2. The first-order valence-corrected chi connectivity index (χ1v) is 11.7. The van der Waals surface area contributed by atoms with E-state index in [2.05, 4.69) is 4.74 Å². The average molecular weight is 445 g/mol. The number of carbonyl (C=O) groups is 2. The van der Waals surface area contributed by atoms with E-state index in [9.17, 15) is 9.59 Å². The third-order valence-electron chi connectivity index (χ3n) is 4.73. The highest BCUT2D eigenvalue weighted by molar-refractivity contribution is 6.60. The highest BCUT2D eigenvalue weighted by Crippen LogP contribution is 2.19. The summed E-state index contributed by atoms with van der Waals surface area (Å²) in [6, 6.07) is 14.7. The second kappa shape index (κ2) is 12.2. The molecular weight excluding hydrogens is 416 g/mol. The molecule has 2 rings (SSSR count). The largest absolute Gasteiger partial charge is 0.500 e. The van der Waals surface area contributed by atoms with Gasteiger partial charge in [0, 0.05) is 44.6 Å². The molecule has 0 radical (unpaired) electrons. The molecule has 0 atom stereocenters. The zero-order chi connectivity index (χ0) is 22.7. The van der Waals surface area contributed by atoms with Gasteiger partial charge < -0.3 is 22.8 Å². The minimum Gasteiger partial charge on any atom is -0.494 e. The molecule has 166 valence electrons. The van der Waals surface area contributed by atoms with Gasteiger partial charge in [0.25, 0.3) is 0 Å². The van der Waals surface area contributed by atoms with Gasteiger partial charge in [0.05, 0.1) is 13.7 Å². The highest BCUT2D eigenvalue weighted by Gasteiger charge is 2.36. The lowest BCUT2D eigenvalue weighted by molar-refractivity contribution is -0.134. The lowest BCUT2D eigenvalue weighted by atomic mass is 10.0. The van der Waals surface area contributed by atoms with Crippen molar-refractivity contribution in [1.82, 2.24) is 0 Å². The normalized spacial score (nSPS) is 11.5. The zero-order valence-electron chi connectivity index (χ0n) is 18.3. The van der Waals surface area contributed by atoms with E-state index in [1.165, 1.54) is 13.2 Å². The third-order valence-corrected chi connectivity index (χ3v) is 7.56. The van der Waals surface area contributed by atoms with Crippen molar-refractivity contribution in [2.45, 2.75) is 12.5 Å². The van der Waals surface area contributed by atoms with Crippen LogP contribution in [-0.4, -0.2) is 55.6 Å². The maximum Gasteiger partial charge on any atom is 0.500 e. The maximum absolute atomic E-state index is 12.7. The Bertz CT molecular complexity index is 864. The maximum atomic E-state index is 12.7. The topological polar surface area (TPSA) is 80.3 Å². The van der Waals surface area contributed by atoms with Crippen molar-refractivity contribution >= 4 is 26.6 Å². The van der Waals surface area contributed by atoms with E-state index in [0.717, 1.165) is 12.0 Å². The Hall–Kier alpha value is -2.78. The van der Waals surface area contributed by atoms with E-state index in [1.807, 2.05) is 0 Å². The van der Waals surface area contributed by atoms with Crippen LogP contribution >= 0.6 is 0 Å². The van der Waals surface area contributed by atoms with Gasteiger partial charge in [0.2, 0.25) is 0 Å². The van der Waals surface area contributed by atoms with Crippen molar-refractivity contribution in [2.75, 3.05) is 35.0 Å². The first-order valence-electron chi connectivity index (χ1n) is 9.76. The van der Waals surface area contributed by atoms with Gasteiger partial charge in [-0.15, -0.1) is 0 Å². The Labute approximate surface area is 183 Å². The van der Waals surface area contributed by atoms with Crippen molar-refractivity contribution in [1.29, 1.82) is 0 Å². The van der Waals surface area contributed by atoms with Gasteiger partial charge in [-0.1, -0.05) is 24.3 Å². The van der Waals surface area contributed by atoms with Crippen LogP contribution in [0.1, 0.15) is 27.9 Å². The van der Waals surface area contributed by atoms with Gasteiger partial charge >= 0.3 is 14.8 Å². The molecule has 0 heterocycles. The van der Waals surface area contributed by atoms with Crippen LogP contribution in [0.3, 0.4) is 0 Å². The summed E-state index contributed by atoms with van der Waals surface area (Å²) in [4.78, 5) is 23.8. The molecule has 2 aromatic carbocycles. The molecule has 0 unspecified atom stereocenters. The summed E-state index contributed by atoms with van der Waals surface area (Å²) in [7, 11) is 3.49. The Kier molecular flexibility index (Phi) is 9.61. The van der Waals surface area contributed by atoms with E-state index in [4.69, 9.17) is 18.0 Å². The Balaban J connectivity index is 1.90. The lowest BCUT2D eigenvalue weighted by Gasteiger charge is -2.24. The van der Waals surface area contributed by atoms with E-state index in [0.29, 0.717) is 29.5 Å². The fourth-order valence-corrected chi connectivity index (χ4v) is 4.57. The van der Waals surface area contributed by atoms with Crippen molar-refractivity contribution in [2.24, 2.45) is 0 Å². The zero-order valence-corrected chi connectivity index (χ0v) is 19.3. The summed E-state index contributed by atoms with van der Waals surface area (Å²) in [6.07, 6.45) is 3.68. The Morgan fingerprint density at radius 3 is 1.90 bits per heavy atom. The number of esters is 1. The van der Waals surface area contributed by atoms with Crippen LogP contribution in [-0.2, 0) is 22.8 Å². The van der Waals surface area contributed by atoms with Crippen LogP contribution in [0.25, 0.3) is 6.08 Å². The first kappa shape index (κ1) is 24.5. The molecule has 0 spiro atoms. The molecule has 0 aliphatic heterocycles. The van der Waals surface area contributed by atoms with Crippen LogP contribution in [0, 0.1) is 0 Å². The second-order valence-corrected chi connectivity index (χ2v) is 9.67. The number of methoxy groups -OCH3 is 1. The van der Waals surface area contributed by atoms with E-state index in [-0.39, 0.29) is 5.78 Å². The molecule has 0 bridgehead atoms.